The van der Waals surface area contributed by atoms with Crippen LogP contribution < -0.4 is 11.3 Å². The number of nitrogen functional groups attached to an aromatic ring is 1. The lowest BCUT2D eigenvalue weighted by molar-refractivity contribution is 1.06. The Balaban J connectivity index is 2.36. The molecule has 0 atom stereocenters. The van der Waals surface area contributed by atoms with Crippen molar-refractivity contribution in [3.05, 3.63) is 39.6 Å². The molecule has 2 aromatic rings. The lowest BCUT2D eigenvalue weighted by Gasteiger charge is -1.93. The Kier molecular flexibility index (Phi) is 2.74. The minimum Gasteiger partial charge on any atom is -0.382 e. The van der Waals surface area contributed by atoms with E-state index in [2.05, 4.69) is 20.4 Å². The predicted molar refractivity (Wildman–Crippen MR) is 61.5 cm³/mol. The van der Waals surface area contributed by atoms with E-state index < -0.39 is 5.56 Å². The molecule has 0 saturated heterocycles. The van der Waals surface area contributed by atoms with Crippen LogP contribution >= 0.6 is 11.6 Å². The second-order valence-corrected chi connectivity index (χ2v) is 3.40. The highest BCUT2D eigenvalue weighted by atomic mass is 35.5. The van der Waals surface area contributed by atoms with Crippen LogP contribution in [0, 0.1) is 0 Å². The van der Waals surface area contributed by atoms with Gasteiger partial charge in [-0.1, -0.05) is 23.7 Å². The van der Waals surface area contributed by atoms with E-state index in [0.717, 1.165) is 0 Å². The van der Waals surface area contributed by atoms with Gasteiger partial charge in [0.2, 0.25) is 0 Å². The summed E-state index contributed by atoms with van der Waals surface area (Å²) in [5.41, 5.74) is 5.56. The molecule has 0 saturated carbocycles. The van der Waals surface area contributed by atoms with E-state index in [-0.39, 0.29) is 11.5 Å². The fraction of sp³-hybridized carbons (Fsp3) is 0. The second kappa shape index (κ2) is 4.19. The minimum absolute atomic E-state index is 0.0416. The van der Waals surface area contributed by atoms with Crippen LogP contribution in [0.5, 0.6) is 0 Å². The first-order valence-corrected chi connectivity index (χ1v) is 4.78. The molecule has 0 aliphatic carbocycles. The van der Waals surface area contributed by atoms with Gasteiger partial charge in [0.25, 0.3) is 5.56 Å². The first-order valence-electron chi connectivity index (χ1n) is 4.41. The summed E-state index contributed by atoms with van der Waals surface area (Å²) in [6, 6.07) is 6.91. The topological polar surface area (TPSA) is 99.4 Å². The van der Waals surface area contributed by atoms with Gasteiger partial charge in [-0.15, -0.1) is 10.2 Å². The van der Waals surface area contributed by atoms with Crippen molar-refractivity contribution in [2.75, 3.05) is 5.73 Å². The normalized spacial score (nSPS) is 11.1. The molecular formula is C9H8ClN5O. The molecule has 16 heavy (non-hydrogen) atoms. The second-order valence-electron chi connectivity index (χ2n) is 2.99. The quantitative estimate of drug-likeness (QED) is 0.699. The zero-order valence-electron chi connectivity index (χ0n) is 8.07. The number of hydrogen-bond donors (Lipinski definition) is 3. The van der Waals surface area contributed by atoms with Crippen molar-refractivity contribution in [3.63, 3.8) is 0 Å². The third-order valence-corrected chi connectivity index (χ3v) is 2.21. The van der Waals surface area contributed by atoms with Crippen molar-refractivity contribution in [2.45, 2.75) is 0 Å². The van der Waals surface area contributed by atoms with Crippen molar-refractivity contribution in [1.82, 2.24) is 10.2 Å². The van der Waals surface area contributed by atoms with Crippen LogP contribution in [0.3, 0.4) is 0 Å². The molecule has 2 rings (SSSR count). The predicted octanol–water partition coefficient (Wildman–Crippen LogP) is 2.35. The molecule has 0 radical (unpaired) electrons. The number of aromatic amines is 2. The van der Waals surface area contributed by atoms with Gasteiger partial charge in [-0.05, 0) is 12.1 Å². The van der Waals surface area contributed by atoms with Crippen molar-refractivity contribution in [2.24, 2.45) is 10.2 Å². The summed E-state index contributed by atoms with van der Waals surface area (Å²) in [4.78, 5) is 11.2. The van der Waals surface area contributed by atoms with Gasteiger partial charge in [-0.3, -0.25) is 15.0 Å². The first kappa shape index (κ1) is 10.4. The standard InChI is InChI=1S/C9H8ClN5O/c10-5-3-1-2-4-6(5)12-13-7-8(11)14-15-9(7)16/h1-4H,(H4,11,14,15,16). The summed E-state index contributed by atoms with van der Waals surface area (Å²) >= 11 is 5.87. The Morgan fingerprint density at radius 1 is 1.19 bits per heavy atom. The average molecular weight is 238 g/mol. The molecule has 0 unspecified atom stereocenters. The molecule has 7 heteroatoms. The number of benzene rings is 1. The minimum atomic E-state index is -0.423. The maximum Gasteiger partial charge on any atom is 0.293 e. The SMILES string of the molecule is Nc1[nH][nH]c(=O)c1N=Nc1ccccc1Cl. The van der Waals surface area contributed by atoms with E-state index in [1.807, 2.05) is 0 Å². The zero-order chi connectivity index (χ0) is 11.5. The molecule has 1 heterocycles. The maximum absolute atomic E-state index is 11.2. The molecule has 0 bridgehead atoms. The Morgan fingerprint density at radius 3 is 2.56 bits per heavy atom. The first-order chi connectivity index (χ1) is 7.68. The summed E-state index contributed by atoms with van der Waals surface area (Å²) in [7, 11) is 0. The van der Waals surface area contributed by atoms with Crippen LogP contribution in [0.15, 0.2) is 39.3 Å². The van der Waals surface area contributed by atoms with Gasteiger partial charge in [0.05, 0.1) is 5.02 Å². The number of hydrogen-bond acceptors (Lipinski definition) is 4. The molecule has 0 amide bonds. The maximum atomic E-state index is 11.2. The van der Waals surface area contributed by atoms with Gasteiger partial charge in [0, 0.05) is 0 Å². The monoisotopic (exact) mass is 237 g/mol. The largest absolute Gasteiger partial charge is 0.382 e. The van der Waals surface area contributed by atoms with Crippen molar-refractivity contribution in [3.8, 4) is 0 Å². The molecule has 0 fully saturated rings. The number of halogens is 1. The number of anilines is 1. The summed E-state index contributed by atoms with van der Waals surface area (Å²) in [6.45, 7) is 0. The van der Waals surface area contributed by atoms with Gasteiger partial charge in [0.15, 0.2) is 5.69 Å². The summed E-state index contributed by atoms with van der Waals surface area (Å²) in [6.07, 6.45) is 0. The van der Waals surface area contributed by atoms with Crippen molar-refractivity contribution in [1.29, 1.82) is 0 Å². The van der Waals surface area contributed by atoms with Crippen molar-refractivity contribution < 1.29 is 0 Å². The van der Waals surface area contributed by atoms with E-state index in [0.29, 0.717) is 10.7 Å². The Hall–Kier alpha value is -2.08. The molecular weight excluding hydrogens is 230 g/mol. The van der Waals surface area contributed by atoms with Gasteiger partial charge < -0.3 is 5.73 Å². The molecule has 1 aromatic heterocycles. The summed E-state index contributed by atoms with van der Waals surface area (Å²) in [5, 5.41) is 12.8. The zero-order valence-corrected chi connectivity index (χ0v) is 8.82. The molecule has 82 valence electrons. The smallest absolute Gasteiger partial charge is 0.293 e. The number of rotatable bonds is 2. The fourth-order valence-electron chi connectivity index (χ4n) is 1.10. The third-order valence-electron chi connectivity index (χ3n) is 1.89. The van der Waals surface area contributed by atoms with Crippen molar-refractivity contribution >= 4 is 28.8 Å². The van der Waals surface area contributed by atoms with Gasteiger partial charge in [-0.25, -0.2) is 0 Å². The number of nitrogens with one attached hydrogen (secondary N) is 2. The van der Waals surface area contributed by atoms with Crippen LogP contribution in [0.4, 0.5) is 17.2 Å². The van der Waals surface area contributed by atoms with E-state index in [9.17, 15) is 4.79 Å². The lowest BCUT2D eigenvalue weighted by atomic mass is 10.3. The molecule has 1 aromatic carbocycles. The highest BCUT2D eigenvalue weighted by molar-refractivity contribution is 6.32. The number of azo groups is 1. The van der Waals surface area contributed by atoms with Gasteiger partial charge in [0.1, 0.15) is 11.5 Å². The summed E-state index contributed by atoms with van der Waals surface area (Å²) < 4.78 is 0. The molecule has 4 N–H and O–H groups in total. The third kappa shape index (κ3) is 1.96. The number of H-pyrrole nitrogens is 2. The van der Waals surface area contributed by atoms with E-state index >= 15 is 0 Å². The lowest BCUT2D eigenvalue weighted by Crippen LogP contribution is -1.96. The van der Waals surface area contributed by atoms with Gasteiger partial charge in [-0.2, -0.15) is 0 Å². The highest BCUT2D eigenvalue weighted by Crippen LogP contribution is 2.25. The Bertz CT molecular complexity index is 586. The number of nitrogens with two attached hydrogens (primary N) is 1. The summed E-state index contributed by atoms with van der Waals surface area (Å²) in [5.74, 6) is 0.140. The van der Waals surface area contributed by atoms with E-state index in [4.69, 9.17) is 17.3 Å². The Labute approximate surface area is 95.1 Å². The van der Waals surface area contributed by atoms with Crippen LogP contribution in [0.25, 0.3) is 0 Å². The fourth-order valence-corrected chi connectivity index (χ4v) is 1.27. The van der Waals surface area contributed by atoms with Gasteiger partial charge >= 0.3 is 0 Å². The molecule has 6 nitrogen and oxygen atoms in total. The highest BCUT2D eigenvalue weighted by Gasteiger charge is 2.05. The van der Waals surface area contributed by atoms with Crippen LogP contribution in [-0.4, -0.2) is 10.2 Å². The number of aromatic nitrogens is 2. The average Bonchev–Trinajstić information content (AvgIpc) is 2.58. The molecule has 0 spiro atoms. The van der Waals surface area contributed by atoms with Crippen LogP contribution in [0.2, 0.25) is 5.02 Å². The van der Waals surface area contributed by atoms with E-state index in [1.54, 1.807) is 24.3 Å². The van der Waals surface area contributed by atoms with Crippen LogP contribution in [0.1, 0.15) is 0 Å². The number of nitrogens with zero attached hydrogens (tertiary/aromatic N) is 2. The van der Waals surface area contributed by atoms with E-state index in [1.165, 1.54) is 0 Å². The van der Waals surface area contributed by atoms with Crippen LogP contribution in [-0.2, 0) is 0 Å². The molecule has 0 aliphatic heterocycles. The Morgan fingerprint density at radius 2 is 1.94 bits per heavy atom. The molecule has 0 aliphatic rings.